The fourth-order valence-electron chi connectivity index (χ4n) is 4.02. The van der Waals surface area contributed by atoms with E-state index in [-0.39, 0.29) is 17.6 Å². The van der Waals surface area contributed by atoms with Gasteiger partial charge >= 0.3 is 0 Å². The molecular formula is C26H38Si2. The van der Waals surface area contributed by atoms with Gasteiger partial charge in [0, 0.05) is 0 Å². The van der Waals surface area contributed by atoms with E-state index in [2.05, 4.69) is 82.8 Å². The number of rotatable bonds is 12. The van der Waals surface area contributed by atoms with Crippen molar-refractivity contribution >= 4 is 33.5 Å². The molecular weight excluding hydrogens is 368 g/mol. The summed E-state index contributed by atoms with van der Waals surface area (Å²) in [7, 11) is -0.764. The van der Waals surface area contributed by atoms with Gasteiger partial charge in [-0.3, -0.25) is 0 Å². The van der Waals surface area contributed by atoms with E-state index < -0.39 is 0 Å². The molecule has 2 aromatic carbocycles. The summed E-state index contributed by atoms with van der Waals surface area (Å²) in [5.74, 6) is 0. The average molecular weight is 407 g/mol. The van der Waals surface area contributed by atoms with Crippen LogP contribution >= 0.6 is 0 Å². The Bertz CT molecular complexity index is 627. The van der Waals surface area contributed by atoms with Crippen LogP contribution in [0.25, 0.3) is 5.57 Å². The molecule has 0 spiro atoms. The van der Waals surface area contributed by atoms with Crippen LogP contribution < -0.4 is 10.4 Å². The quantitative estimate of drug-likeness (QED) is 0.340. The zero-order valence-corrected chi connectivity index (χ0v) is 20.5. The Labute approximate surface area is 177 Å². The summed E-state index contributed by atoms with van der Waals surface area (Å²) in [6, 6.07) is 24.2. The van der Waals surface area contributed by atoms with Crippen molar-refractivity contribution in [3.05, 3.63) is 66.2 Å². The third-order valence-corrected chi connectivity index (χ3v) is 12.2. The summed E-state index contributed by atoms with van der Waals surface area (Å²) in [6.07, 6.45) is 5.20. The number of hydrogen-bond donors (Lipinski definition) is 0. The summed E-state index contributed by atoms with van der Waals surface area (Å²) >= 11 is 0. The maximum atomic E-state index is 4.41. The van der Waals surface area contributed by atoms with Crippen molar-refractivity contribution in [3.8, 4) is 0 Å². The summed E-state index contributed by atoms with van der Waals surface area (Å²) in [5.41, 5.74) is 3.68. The summed E-state index contributed by atoms with van der Waals surface area (Å²) in [4.78, 5) is 0. The molecule has 0 nitrogen and oxygen atoms in total. The standard InChI is InChI=1S/C26H38Si2/c1-6-18-27(19-7-2)25-14-10-23(11-15-25)22(5)24-12-16-26(17-13-24)28(20-8-3)21-9-4/h10-17H,5-9,18-21H2,1-4H3. The van der Waals surface area contributed by atoms with Gasteiger partial charge in [-0.2, -0.15) is 0 Å². The highest BCUT2D eigenvalue weighted by atomic mass is 28.3. The van der Waals surface area contributed by atoms with E-state index in [1.54, 1.807) is 10.4 Å². The lowest BCUT2D eigenvalue weighted by Gasteiger charge is -2.16. The van der Waals surface area contributed by atoms with E-state index in [9.17, 15) is 0 Å². The minimum atomic E-state index is -0.382. The van der Waals surface area contributed by atoms with Crippen LogP contribution in [0.3, 0.4) is 0 Å². The first-order valence-electron chi connectivity index (χ1n) is 11.2. The molecule has 0 aliphatic heterocycles. The lowest BCUT2D eigenvalue weighted by atomic mass is 10.00. The second-order valence-electron chi connectivity index (χ2n) is 7.84. The fraction of sp³-hybridized carbons (Fsp3) is 0.462. The maximum Gasteiger partial charge on any atom is 0.0856 e. The molecule has 0 fully saturated rings. The van der Waals surface area contributed by atoms with E-state index in [0.717, 1.165) is 5.57 Å². The molecule has 2 rings (SSSR count). The molecule has 0 saturated carbocycles. The molecule has 2 radical (unpaired) electrons. The third-order valence-electron chi connectivity index (χ3n) is 5.49. The number of hydrogen-bond acceptors (Lipinski definition) is 0. The van der Waals surface area contributed by atoms with Crippen LogP contribution in [0, 0.1) is 0 Å². The highest BCUT2D eigenvalue weighted by molar-refractivity contribution is 6.73. The zero-order valence-electron chi connectivity index (χ0n) is 18.5. The molecule has 28 heavy (non-hydrogen) atoms. The molecule has 0 saturated heterocycles. The Morgan fingerprint density at radius 2 is 0.857 bits per heavy atom. The lowest BCUT2D eigenvalue weighted by molar-refractivity contribution is 1.01. The Balaban J connectivity index is 2.12. The van der Waals surface area contributed by atoms with Crippen LogP contribution in [0.2, 0.25) is 24.2 Å². The molecule has 0 aliphatic rings. The smallest absolute Gasteiger partial charge is 0.0856 e. The van der Waals surface area contributed by atoms with Crippen LogP contribution in [0.4, 0.5) is 0 Å². The molecule has 0 aromatic heterocycles. The number of benzene rings is 2. The van der Waals surface area contributed by atoms with E-state index in [0.29, 0.717) is 0 Å². The van der Waals surface area contributed by atoms with Gasteiger partial charge in [0.25, 0.3) is 0 Å². The Morgan fingerprint density at radius 3 is 1.11 bits per heavy atom. The lowest BCUT2D eigenvalue weighted by Crippen LogP contribution is -2.29. The Kier molecular flexibility index (Phi) is 10.0. The predicted molar refractivity (Wildman–Crippen MR) is 132 cm³/mol. The monoisotopic (exact) mass is 406 g/mol. The van der Waals surface area contributed by atoms with E-state index in [1.807, 2.05) is 0 Å². The molecule has 0 aliphatic carbocycles. The second-order valence-corrected chi connectivity index (χ2v) is 13.4. The van der Waals surface area contributed by atoms with Crippen LogP contribution in [-0.4, -0.2) is 17.6 Å². The van der Waals surface area contributed by atoms with Crippen LogP contribution in [-0.2, 0) is 0 Å². The minimum absolute atomic E-state index is 0.382. The van der Waals surface area contributed by atoms with Gasteiger partial charge < -0.3 is 0 Å². The molecule has 0 atom stereocenters. The zero-order chi connectivity index (χ0) is 20.4. The first-order valence-corrected chi connectivity index (χ1v) is 15.1. The van der Waals surface area contributed by atoms with Crippen molar-refractivity contribution in [1.29, 1.82) is 0 Å². The fourth-order valence-corrected chi connectivity index (χ4v) is 9.36. The second kappa shape index (κ2) is 12.2. The van der Waals surface area contributed by atoms with Crippen LogP contribution in [0.1, 0.15) is 64.5 Å². The first-order chi connectivity index (χ1) is 13.6. The molecule has 2 aromatic rings. The molecule has 0 N–H and O–H groups in total. The summed E-state index contributed by atoms with van der Waals surface area (Å²) in [5, 5.41) is 3.18. The van der Waals surface area contributed by atoms with E-state index >= 15 is 0 Å². The SMILES string of the molecule is C=C(c1ccc([Si](CCC)CCC)cc1)c1ccc([Si](CCC)CCC)cc1. The topological polar surface area (TPSA) is 0 Å². The van der Waals surface area contributed by atoms with E-state index in [1.165, 1.54) is 61.0 Å². The first kappa shape index (κ1) is 22.9. The van der Waals surface area contributed by atoms with E-state index in [4.69, 9.17) is 0 Å². The van der Waals surface area contributed by atoms with Crippen LogP contribution in [0.15, 0.2) is 55.1 Å². The molecule has 0 bridgehead atoms. The van der Waals surface area contributed by atoms with Gasteiger partial charge in [0.1, 0.15) is 0 Å². The van der Waals surface area contributed by atoms with Crippen molar-refractivity contribution in [3.63, 3.8) is 0 Å². The summed E-state index contributed by atoms with van der Waals surface area (Å²) < 4.78 is 0. The average Bonchev–Trinajstić information content (AvgIpc) is 2.73. The van der Waals surface area contributed by atoms with Gasteiger partial charge in [0.2, 0.25) is 0 Å². The largest absolute Gasteiger partial charge is 0.0906 e. The van der Waals surface area contributed by atoms with Crippen molar-refractivity contribution in [2.75, 3.05) is 0 Å². The Morgan fingerprint density at radius 1 is 0.571 bits per heavy atom. The van der Waals surface area contributed by atoms with Crippen molar-refractivity contribution in [1.82, 2.24) is 0 Å². The maximum absolute atomic E-state index is 4.41. The van der Waals surface area contributed by atoms with Crippen molar-refractivity contribution in [2.45, 2.75) is 77.6 Å². The summed E-state index contributed by atoms with van der Waals surface area (Å²) in [6.45, 7) is 13.7. The molecule has 0 amide bonds. The van der Waals surface area contributed by atoms with Gasteiger partial charge in [-0.05, 0) is 16.7 Å². The van der Waals surface area contributed by atoms with Gasteiger partial charge in [-0.15, -0.1) is 0 Å². The Hall–Kier alpha value is -1.39. The normalized spacial score (nSPS) is 11.4. The van der Waals surface area contributed by atoms with Gasteiger partial charge in [-0.1, -0.05) is 143 Å². The highest BCUT2D eigenvalue weighted by Gasteiger charge is 2.14. The van der Waals surface area contributed by atoms with Crippen molar-refractivity contribution in [2.24, 2.45) is 0 Å². The van der Waals surface area contributed by atoms with Crippen molar-refractivity contribution < 1.29 is 0 Å². The van der Waals surface area contributed by atoms with Gasteiger partial charge in [0.05, 0.1) is 17.6 Å². The molecule has 0 unspecified atom stereocenters. The predicted octanol–water partition coefficient (Wildman–Crippen LogP) is 6.79. The minimum Gasteiger partial charge on any atom is -0.0906 e. The van der Waals surface area contributed by atoms with Gasteiger partial charge in [-0.25, -0.2) is 0 Å². The third kappa shape index (κ3) is 6.32. The van der Waals surface area contributed by atoms with Gasteiger partial charge in [0.15, 0.2) is 0 Å². The highest BCUT2D eigenvalue weighted by Crippen LogP contribution is 2.21. The molecule has 150 valence electrons. The molecule has 2 heteroatoms. The van der Waals surface area contributed by atoms with Crippen LogP contribution in [0.5, 0.6) is 0 Å². The molecule has 0 heterocycles.